The fraction of sp³-hybridized carbons (Fsp3) is 0.290. The summed E-state index contributed by atoms with van der Waals surface area (Å²) in [6.45, 7) is 1.31. The summed E-state index contributed by atoms with van der Waals surface area (Å²) in [5.74, 6) is 1.29. The number of hydrogen-bond acceptors (Lipinski definition) is 6. The number of halogens is 1. The fourth-order valence-electron chi connectivity index (χ4n) is 5.02. The molecule has 0 saturated carbocycles. The number of benzene rings is 3. The number of amides is 1. The van der Waals surface area contributed by atoms with E-state index in [4.69, 9.17) is 23.9 Å². The van der Waals surface area contributed by atoms with E-state index >= 15 is 0 Å². The second-order valence-electron chi connectivity index (χ2n) is 9.39. The Balaban J connectivity index is 1.67. The van der Waals surface area contributed by atoms with Crippen molar-refractivity contribution in [1.29, 1.82) is 0 Å². The molecule has 1 atom stereocenters. The average molecular weight is 531 g/mol. The molecule has 202 valence electrons. The molecule has 4 aromatic rings. The lowest BCUT2D eigenvalue weighted by Crippen LogP contribution is -2.37. The van der Waals surface area contributed by atoms with Gasteiger partial charge in [-0.05, 0) is 73.0 Å². The van der Waals surface area contributed by atoms with Gasteiger partial charge in [-0.1, -0.05) is 12.1 Å². The van der Waals surface area contributed by atoms with E-state index in [0.717, 1.165) is 29.4 Å². The van der Waals surface area contributed by atoms with Gasteiger partial charge in [0.15, 0.2) is 0 Å². The molecule has 1 aliphatic rings. The van der Waals surface area contributed by atoms with Crippen molar-refractivity contribution in [2.75, 3.05) is 34.5 Å². The topological polar surface area (TPSA) is 70.1 Å². The number of fused-ring (bicyclic) bond motifs is 1. The van der Waals surface area contributed by atoms with Crippen molar-refractivity contribution < 1.29 is 28.1 Å². The fourth-order valence-corrected chi connectivity index (χ4v) is 5.02. The number of methoxy groups -OCH3 is 3. The summed E-state index contributed by atoms with van der Waals surface area (Å²) in [7, 11) is 4.83. The molecule has 39 heavy (non-hydrogen) atoms. The van der Waals surface area contributed by atoms with Crippen LogP contribution in [0.3, 0.4) is 0 Å². The Hall–Kier alpha value is -4.17. The van der Waals surface area contributed by atoms with Gasteiger partial charge in [-0.2, -0.15) is 0 Å². The molecule has 1 amide bonds. The van der Waals surface area contributed by atoms with Crippen LogP contribution in [0.5, 0.6) is 17.2 Å². The molecule has 0 aliphatic carbocycles. The summed E-state index contributed by atoms with van der Waals surface area (Å²) in [4.78, 5) is 20.6. The van der Waals surface area contributed by atoms with E-state index in [0.29, 0.717) is 47.2 Å². The third-order valence-electron chi connectivity index (χ3n) is 6.98. The second-order valence-corrected chi connectivity index (χ2v) is 9.39. The summed E-state index contributed by atoms with van der Waals surface area (Å²) in [5, 5.41) is 0.761. The predicted molar refractivity (Wildman–Crippen MR) is 147 cm³/mol. The molecule has 1 unspecified atom stereocenters. The lowest BCUT2D eigenvalue weighted by atomic mass is 10.0. The van der Waals surface area contributed by atoms with Gasteiger partial charge in [0.25, 0.3) is 5.91 Å². The third-order valence-corrected chi connectivity index (χ3v) is 6.98. The van der Waals surface area contributed by atoms with Crippen molar-refractivity contribution in [3.05, 3.63) is 83.7 Å². The molecule has 1 fully saturated rings. The van der Waals surface area contributed by atoms with Gasteiger partial charge < -0.3 is 23.8 Å². The molecule has 2 heterocycles. The summed E-state index contributed by atoms with van der Waals surface area (Å²) < 4.78 is 36.5. The molecule has 7 nitrogen and oxygen atoms in total. The van der Waals surface area contributed by atoms with E-state index in [1.54, 1.807) is 26.2 Å². The highest BCUT2D eigenvalue weighted by atomic mass is 19.1. The van der Waals surface area contributed by atoms with E-state index in [2.05, 4.69) is 0 Å². The minimum absolute atomic E-state index is 0.0767. The Bertz CT molecular complexity index is 1470. The Morgan fingerprint density at radius 2 is 1.69 bits per heavy atom. The van der Waals surface area contributed by atoms with Gasteiger partial charge in [-0.25, -0.2) is 9.37 Å². The molecule has 3 aromatic carbocycles. The highest BCUT2D eigenvalue weighted by molar-refractivity contribution is 5.95. The molecule has 8 heteroatoms. The molecule has 0 spiro atoms. The van der Waals surface area contributed by atoms with E-state index in [-0.39, 0.29) is 18.6 Å². The number of hydrogen-bond donors (Lipinski definition) is 0. The van der Waals surface area contributed by atoms with Gasteiger partial charge in [-0.15, -0.1) is 0 Å². The first-order valence-corrected chi connectivity index (χ1v) is 12.9. The Labute approximate surface area is 227 Å². The van der Waals surface area contributed by atoms with Gasteiger partial charge in [0.1, 0.15) is 28.6 Å². The number of rotatable bonds is 9. The van der Waals surface area contributed by atoms with Crippen LogP contribution in [0.4, 0.5) is 4.39 Å². The zero-order chi connectivity index (χ0) is 27.4. The molecule has 0 bridgehead atoms. The number of pyridine rings is 1. The van der Waals surface area contributed by atoms with Crippen molar-refractivity contribution in [3.63, 3.8) is 0 Å². The van der Waals surface area contributed by atoms with Crippen LogP contribution in [-0.2, 0) is 11.3 Å². The Kier molecular flexibility index (Phi) is 7.93. The molecule has 1 aliphatic heterocycles. The quantitative estimate of drug-likeness (QED) is 0.269. The van der Waals surface area contributed by atoms with Gasteiger partial charge >= 0.3 is 0 Å². The minimum Gasteiger partial charge on any atom is -0.496 e. The number of carbonyl (C=O) groups excluding carboxylic acids is 1. The Morgan fingerprint density at radius 3 is 2.38 bits per heavy atom. The van der Waals surface area contributed by atoms with Crippen molar-refractivity contribution in [2.45, 2.75) is 25.5 Å². The van der Waals surface area contributed by atoms with Crippen molar-refractivity contribution in [3.8, 4) is 28.5 Å². The summed E-state index contributed by atoms with van der Waals surface area (Å²) >= 11 is 0. The highest BCUT2D eigenvalue weighted by Crippen LogP contribution is 2.38. The second kappa shape index (κ2) is 11.7. The first-order valence-electron chi connectivity index (χ1n) is 12.9. The minimum atomic E-state index is -0.393. The third kappa shape index (κ3) is 5.52. The normalized spacial score (nSPS) is 14.8. The molecule has 1 saturated heterocycles. The van der Waals surface area contributed by atoms with E-state index in [9.17, 15) is 9.18 Å². The smallest absolute Gasteiger partial charge is 0.254 e. The lowest BCUT2D eigenvalue weighted by molar-refractivity contribution is 0.0507. The van der Waals surface area contributed by atoms with E-state index < -0.39 is 5.82 Å². The summed E-state index contributed by atoms with van der Waals surface area (Å²) in [6.07, 6.45) is 1.74. The number of carbonyl (C=O) groups is 1. The zero-order valence-corrected chi connectivity index (χ0v) is 22.3. The van der Waals surface area contributed by atoms with Crippen molar-refractivity contribution in [1.82, 2.24) is 9.88 Å². The highest BCUT2D eigenvalue weighted by Gasteiger charge is 2.26. The predicted octanol–water partition coefficient (Wildman–Crippen LogP) is 5.89. The Morgan fingerprint density at radius 1 is 0.974 bits per heavy atom. The van der Waals surface area contributed by atoms with Crippen LogP contribution in [-0.4, -0.2) is 56.4 Å². The average Bonchev–Trinajstić information content (AvgIpc) is 3.49. The number of nitrogens with zero attached hydrogens (tertiary/aromatic N) is 2. The van der Waals surface area contributed by atoms with Crippen LogP contribution in [0.15, 0.2) is 66.7 Å². The van der Waals surface area contributed by atoms with Crippen LogP contribution in [0.1, 0.15) is 28.8 Å². The number of para-hydroxylation sites is 1. The van der Waals surface area contributed by atoms with Gasteiger partial charge in [0.2, 0.25) is 0 Å². The lowest BCUT2D eigenvalue weighted by Gasteiger charge is -2.27. The molecule has 0 N–H and O–H groups in total. The van der Waals surface area contributed by atoms with Crippen LogP contribution in [0.2, 0.25) is 0 Å². The largest absolute Gasteiger partial charge is 0.496 e. The maximum atomic E-state index is 13.8. The molecule has 1 aromatic heterocycles. The summed E-state index contributed by atoms with van der Waals surface area (Å²) in [6, 6.07) is 18.9. The van der Waals surface area contributed by atoms with Crippen molar-refractivity contribution in [2.24, 2.45) is 0 Å². The van der Waals surface area contributed by atoms with Gasteiger partial charge in [-0.3, -0.25) is 4.79 Å². The SMILES string of the molecule is COc1ccccc1-c1nc2c(OC)ccc(OC)c2cc1CN(CC1CCCO1)C(=O)c1ccc(F)cc1. The van der Waals surface area contributed by atoms with Crippen LogP contribution < -0.4 is 14.2 Å². The van der Waals surface area contributed by atoms with Crippen LogP contribution in [0.25, 0.3) is 22.2 Å². The van der Waals surface area contributed by atoms with Gasteiger partial charge in [0.05, 0.1) is 33.1 Å². The zero-order valence-electron chi connectivity index (χ0n) is 22.3. The van der Waals surface area contributed by atoms with Gasteiger partial charge in [0, 0.05) is 36.2 Å². The summed E-state index contributed by atoms with van der Waals surface area (Å²) in [5.41, 5.74) is 3.29. The molecular weight excluding hydrogens is 499 g/mol. The number of ether oxygens (including phenoxy) is 4. The first kappa shape index (κ1) is 26.4. The first-order chi connectivity index (χ1) is 19.0. The standard InChI is InChI=1S/C31H31FN2O5/c1-36-26-9-5-4-8-24(26)29-21(17-25-27(37-2)14-15-28(38-3)30(25)33-29)18-34(19-23-7-6-16-39-23)31(35)20-10-12-22(32)13-11-20/h4-5,8-15,17,23H,6-7,16,18-19H2,1-3H3. The van der Waals surface area contributed by atoms with Crippen LogP contribution >= 0.6 is 0 Å². The van der Waals surface area contributed by atoms with Crippen LogP contribution in [0, 0.1) is 5.82 Å². The molecule has 0 radical (unpaired) electrons. The van der Waals surface area contributed by atoms with E-state index in [1.165, 1.54) is 24.3 Å². The number of aromatic nitrogens is 1. The maximum absolute atomic E-state index is 13.8. The van der Waals surface area contributed by atoms with E-state index in [1.807, 2.05) is 42.5 Å². The molecular formula is C31H31FN2O5. The monoisotopic (exact) mass is 530 g/mol. The maximum Gasteiger partial charge on any atom is 0.254 e. The molecule has 5 rings (SSSR count). The van der Waals surface area contributed by atoms with Crippen molar-refractivity contribution >= 4 is 16.8 Å².